The molecule has 1 aliphatic heterocycles. The summed E-state index contributed by atoms with van der Waals surface area (Å²) >= 11 is 0. The lowest BCUT2D eigenvalue weighted by Gasteiger charge is -2.34. The van der Waals surface area contributed by atoms with Gasteiger partial charge in [-0.3, -0.25) is 9.80 Å². The molecule has 9 nitrogen and oxygen atoms in total. The summed E-state index contributed by atoms with van der Waals surface area (Å²) in [5, 5.41) is 2.89. The lowest BCUT2D eigenvalue weighted by Crippen LogP contribution is -2.49. The van der Waals surface area contributed by atoms with Crippen molar-refractivity contribution in [2.24, 2.45) is 0 Å². The lowest BCUT2D eigenvalue weighted by atomic mass is 10.1. The smallest absolute Gasteiger partial charge is 0.268 e. The summed E-state index contributed by atoms with van der Waals surface area (Å²) in [6, 6.07) is 3.66. The summed E-state index contributed by atoms with van der Waals surface area (Å²) in [5.74, 6) is -0.436. The maximum Gasteiger partial charge on any atom is 0.268 e. The number of sulfonamides is 1. The fraction of sp³-hybridized carbons (Fsp3) is 0.562. The molecule has 152 valence electrons. The van der Waals surface area contributed by atoms with Gasteiger partial charge in [0.1, 0.15) is 10.6 Å². The van der Waals surface area contributed by atoms with E-state index in [1.807, 2.05) is 0 Å². The molecule has 1 aromatic rings. The molecule has 0 radical (unpaired) electrons. The van der Waals surface area contributed by atoms with Crippen LogP contribution in [-0.4, -0.2) is 89.9 Å². The van der Waals surface area contributed by atoms with Crippen LogP contribution >= 0.6 is 0 Å². The molecule has 11 heteroatoms. The minimum Gasteiger partial charge on any atom is -0.495 e. The zero-order valence-corrected chi connectivity index (χ0v) is 17.7. The van der Waals surface area contributed by atoms with Crippen LogP contribution in [0.4, 0.5) is 0 Å². The second kappa shape index (κ2) is 7.74. The molecule has 0 N–H and O–H groups in total. The molecule has 1 atom stereocenters. The van der Waals surface area contributed by atoms with E-state index in [0.29, 0.717) is 6.42 Å². The van der Waals surface area contributed by atoms with E-state index in [0.717, 1.165) is 4.31 Å². The summed E-state index contributed by atoms with van der Waals surface area (Å²) in [5.41, 5.74) is 0.134. The van der Waals surface area contributed by atoms with Crippen molar-refractivity contribution in [2.75, 3.05) is 46.8 Å². The number of sulfone groups is 1. The van der Waals surface area contributed by atoms with Gasteiger partial charge >= 0.3 is 0 Å². The van der Waals surface area contributed by atoms with Crippen molar-refractivity contribution in [1.29, 1.82) is 0 Å². The van der Waals surface area contributed by atoms with E-state index in [1.54, 1.807) is 14.1 Å². The predicted octanol–water partition coefficient (Wildman–Crippen LogP) is 0.0514. The van der Waals surface area contributed by atoms with E-state index < -0.39 is 31.8 Å². The van der Waals surface area contributed by atoms with E-state index in [-0.39, 0.29) is 27.7 Å². The van der Waals surface area contributed by atoms with Crippen LogP contribution in [0.25, 0.3) is 0 Å². The first-order valence-corrected chi connectivity index (χ1v) is 11.5. The number of rotatable bonds is 6. The molecule has 2 rings (SSSR count). The van der Waals surface area contributed by atoms with Crippen molar-refractivity contribution >= 4 is 25.8 Å². The Kier molecular flexibility index (Phi) is 6.19. The molecule has 0 aliphatic carbocycles. The van der Waals surface area contributed by atoms with Crippen molar-refractivity contribution in [1.82, 2.24) is 14.3 Å². The van der Waals surface area contributed by atoms with Crippen LogP contribution in [0.2, 0.25) is 0 Å². The highest BCUT2D eigenvalue weighted by molar-refractivity contribution is 7.91. The molecule has 1 fully saturated rings. The van der Waals surface area contributed by atoms with Gasteiger partial charge in [-0.2, -0.15) is 0 Å². The molecular formula is C16H25N3O6S2. The third-order valence-corrected chi connectivity index (χ3v) is 7.95. The van der Waals surface area contributed by atoms with E-state index in [1.165, 1.54) is 49.4 Å². The number of ether oxygens (including phenoxy) is 1. The van der Waals surface area contributed by atoms with Gasteiger partial charge in [0.25, 0.3) is 5.91 Å². The van der Waals surface area contributed by atoms with E-state index in [2.05, 4.69) is 0 Å². The SMILES string of the molecule is COc1ccc(C(=O)N([C@H]2CCS(=O)(=O)C2)N(C)C)cc1S(=O)(=O)N(C)C. The third-order valence-electron chi connectivity index (χ3n) is 4.36. The van der Waals surface area contributed by atoms with Gasteiger partial charge in [0.15, 0.2) is 9.84 Å². The Morgan fingerprint density at radius 1 is 1.19 bits per heavy atom. The summed E-state index contributed by atoms with van der Waals surface area (Å²) in [4.78, 5) is 12.9. The summed E-state index contributed by atoms with van der Waals surface area (Å²) < 4.78 is 54.9. The number of amides is 1. The molecule has 0 spiro atoms. The highest BCUT2D eigenvalue weighted by Gasteiger charge is 2.37. The first kappa shape index (κ1) is 21.6. The minimum atomic E-state index is -3.83. The predicted molar refractivity (Wildman–Crippen MR) is 101 cm³/mol. The van der Waals surface area contributed by atoms with Gasteiger partial charge in [0.05, 0.1) is 24.7 Å². The Morgan fingerprint density at radius 2 is 1.81 bits per heavy atom. The van der Waals surface area contributed by atoms with E-state index >= 15 is 0 Å². The largest absolute Gasteiger partial charge is 0.495 e. The monoisotopic (exact) mass is 419 g/mol. The molecular weight excluding hydrogens is 394 g/mol. The van der Waals surface area contributed by atoms with Crippen molar-refractivity contribution in [3.05, 3.63) is 23.8 Å². The molecule has 1 saturated heterocycles. The molecule has 1 aromatic carbocycles. The number of hydrazine groups is 1. The summed E-state index contributed by atoms with van der Waals surface area (Å²) in [7, 11) is 0.392. The van der Waals surface area contributed by atoms with E-state index in [9.17, 15) is 21.6 Å². The van der Waals surface area contributed by atoms with Gasteiger partial charge in [-0.1, -0.05) is 0 Å². The molecule has 0 bridgehead atoms. The average molecular weight is 420 g/mol. The molecule has 1 heterocycles. The standard InChI is InChI=1S/C16H25N3O6S2/c1-17(2)19(13-8-9-26(21,22)11-13)16(20)12-6-7-14(25-5)15(10-12)27(23,24)18(3)4/h6-7,10,13H,8-9,11H2,1-5H3/t13-/m0/s1. The number of hydrogen-bond donors (Lipinski definition) is 0. The fourth-order valence-electron chi connectivity index (χ4n) is 2.98. The molecule has 1 aliphatic rings. The van der Waals surface area contributed by atoms with Crippen molar-refractivity contribution in [3.8, 4) is 5.75 Å². The maximum atomic E-state index is 13.1. The topological polar surface area (TPSA) is 104 Å². The number of nitrogens with zero attached hydrogens (tertiary/aromatic N) is 3. The average Bonchev–Trinajstić information content (AvgIpc) is 2.93. The van der Waals surface area contributed by atoms with Crippen molar-refractivity contribution in [2.45, 2.75) is 17.4 Å². The normalized spacial score (nSPS) is 19.4. The second-order valence-corrected chi connectivity index (χ2v) is 11.1. The number of methoxy groups -OCH3 is 1. The summed E-state index contributed by atoms with van der Waals surface area (Å²) in [6.07, 6.45) is 0.339. The highest BCUT2D eigenvalue weighted by Crippen LogP contribution is 2.28. The molecule has 27 heavy (non-hydrogen) atoms. The van der Waals surface area contributed by atoms with Gasteiger partial charge in [-0.05, 0) is 24.6 Å². The minimum absolute atomic E-state index is 0.0260. The number of carbonyl (C=O) groups excluding carboxylic acids is 1. The van der Waals surface area contributed by atoms with Gasteiger partial charge in [-0.25, -0.2) is 26.1 Å². The zero-order valence-electron chi connectivity index (χ0n) is 16.0. The molecule has 1 amide bonds. The fourth-order valence-corrected chi connectivity index (χ4v) is 5.75. The van der Waals surface area contributed by atoms with Gasteiger partial charge in [0, 0.05) is 33.8 Å². The molecule has 0 aromatic heterocycles. The second-order valence-electron chi connectivity index (χ2n) is 6.71. The quantitative estimate of drug-likeness (QED) is 0.600. The highest BCUT2D eigenvalue weighted by atomic mass is 32.2. The lowest BCUT2D eigenvalue weighted by molar-refractivity contribution is 0.000984. The van der Waals surface area contributed by atoms with Crippen LogP contribution in [0.15, 0.2) is 23.1 Å². The van der Waals surface area contributed by atoms with Crippen LogP contribution in [0.1, 0.15) is 16.8 Å². The van der Waals surface area contributed by atoms with Crippen LogP contribution in [0, 0.1) is 0 Å². The van der Waals surface area contributed by atoms with Crippen molar-refractivity contribution in [3.63, 3.8) is 0 Å². The van der Waals surface area contributed by atoms with Gasteiger partial charge < -0.3 is 4.74 Å². The zero-order chi connectivity index (χ0) is 20.6. The number of benzene rings is 1. The Balaban J connectivity index is 2.48. The molecule has 0 saturated carbocycles. The van der Waals surface area contributed by atoms with E-state index in [4.69, 9.17) is 4.74 Å². The number of carbonyl (C=O) groups is 1. The van der Waals surface area contributed by atoms with Gasteiger partial charge in [0.2, 0.25) is 10.0 Å². The Bertz CT molecular complexity index is 925. The Morgan fingerprint density at radius 3 is 2.26 bits per heavy atom. The third kappa shape index (κ3) is 4.42. The van der Waals surface area contributed by atoms with Crippen LogP contribution in [0.3, 0.4) is 0 Å². The maximum absolute atomic E-state index is 13.1. The molecule has 0 unspecified atom stereocenters. The number of hydrogen-bond acceptors (Lipinski definition) is 7. The van der Waals surface area contributed by atoms with Crippen LogP contribution in [-0.2, 0) is 19.9 Å². The first-order valence-electron chi connectivity index (χ1n) is 8.22. The summed E-state index contributed by atoms with van der Waals surface area (Å²) in [6.45, 7) is 0. The Labute approximate surface area is 160 Å². The first-order chi connectivity index (χ1) is 12.4. The van der Waals surface area contributed by atoms with Crippen LogP contribution in [0.5, 0.6) is 5.75 Å². The van der Waals surface area contributed by atoms with Crippen molar-refractivity contribution < 1.29 is 26.4 Å². The Hall–Kier alpha value is -1.69. The van der Waals surface area contributed by atoms with Crippen LogP contribution < -0.4 is 4.74 Å². The van der Waals surface area contributed by atoms with Gasteiger partial charge in [-0.15, -0.1) is 0 Å².